The van der Waals surface area contributed by atoms with Crippen LogP contribution in [0.5, 0.6) is 0 Å². The molecule has 0 bridgehead atoms. The van der Waals surface area contributed by atoms with Gasteiger partial charge in [-0.1, -0.05) is 31.0 Å². The van der Waals surface area contributed by atoms with Crippen LogP contribution in [0.25, 0.3) is 0 Å². The molecule has 1 aromatic carbocycles. The highest BCUT2D eigenvalue weighted by molar-refractivity contribution is 5.95. The molecule has 126 valence electrons. The highest BCUT2D eigenvalue weighted by atomic mass is 16.5. The van der Waals surface area contributed by atoms with Crippen molar-refractivity contribution in [3.05, 3.63) is 30.3 Å². The largest absolute Gasteiger partial charge is 0.466 e. The molecule has 0 saturated heterocycles. The zero-order valence-corrected chi connectivity index (χ0v) is 13.7. The second kappa shape index (κ2) is 11.4. The van der Waals surface area contributed by atoms with Gasteiger partial charge in [-0.05, 0) is 31.9 Å². The van der Waals surface area contributed by atoms with E-state index in [9.17, 15) is 14.4 Å². The number of unbranched alkanes of at least 4 members (excludes halogenated alkanes) is 3. The molecule has 5 heteroatoms. The summed E-state index contributed by atoms with van der Waals surface area (Å²) in [6.07, 6.45) is 4.07. The fraction of sp³-hybridized carbons (Fsp3) is 0.500. The van der Waals surface area contributed by atoms with Gasteiger partial charge in [0.05, 0.1) is 6.61 Å². The van der Waals surface area contributed by atoms with Gasteiger partial charge in [0.2, 0.25) is 5.91 Å². The van der Waals surface area contributed by atoms with E-state index in [0.717, 1.165) is 31.4 Å². The van der Waals surface area contributed by atoms with Crippen LogP contribution >= 0.6 is 0 Å². The number of ketones is 1. The number of hydrogen-bond acceptors (Lipinski definition) is 4. The van der Waals surface area contributed by atoms with Crippen molar-refractivity contribution >= 4 is 23.3 Å². The molecular weight excluding hydrogens is 294 g/mol. The van der Waals surface area contributed by atoms with Crippen molar-refractivity contribution in [2.24, 2.45) is 0 Å². The molecule has 0 fully saturated rings. The normalized spacial score (nSPS) is 10.1. The average Bonchev–Trinajstić information content (AvgIpc) is 2.51. The monoisotopic (exact) mass is 319 g/mol. The van der Waals surface area contributed by atoms with Gasteiger partial charge in [0.1, 0.15) is 12.2 Å². The number of carbonyl (C=O) groups is 3. The smallest absolute Gasteiger partial charge is 0.313 e. The average molecular weight is 319 g/mol. The molecule has 0 saturated carbocycles. The number of carbonyl (C=O) groups excluding carboxylic acids is 3. The molecule has 0 spiro atoms. The first-order valence-electron chi connectivity index (χ1n) is 8.14. The number of esters is 1. The molecule has 23 heavy (non-hydrogen) atoms. The van der Waals surface area contributed by atoms with Crippen molar-refractivity contribution in [1.82, 2.24) is 0 Å². The molecule has 0 unspecified atom stereocenters. The van der Waals surface area contributed by atoms with Gasteiger partial charge in [-0.25, -0.2) is 0 Å². The Morgan fingerprint density at radius 2 is 1.61 bits per heavy atom. The van der Waals surface area contributed by atoms with Gasteiger partial charge in [-0.15, -0.1) is 0 Å². The fourth-order valence-electron chi connectivity index (χ4n) is 2.17. The number of amides is 1. The molecular formula is C18H25NO4. The van der Waals surface area contributed by atoms with Crippen LogP contribution in [0.2, 0.25) is 0 Å². The Morgan fingerprint density at radius 3 is 2.26 bits per heavy atom. The van der Waals surface area contributed by atoms with Crippen LogP contribution < -0.4 is 5.32 Å². The number of hydrogen-bond donors (Lipinski definition) is 1. The van der Waals surface area contributed by atoms with Gasteiger partial charge < -0.3 is 10.1 Å². The Kier molecular flexibility index (Phi) is 9.36. The highest BCUT2D eigenvalue weighted by Crippen LogP contribution is 2.10. The molecule has 0 aliphatic heterocycles. The number of anilines is 1. The van der Waals surface area contributed by atoms with Crippen molar-refractivity contribution in [2.75, 3.05) is 11.9 Å². The molecule has 1 N–H and O–H groups in total. The van der Waals surface area contributed by atoms with Crippen LogP contribution in [-0.4, -0.2) is 24.3 Å². The Morgan fingerprint density at radius 1 is 0.957 bits per heavy atom. The number of rotatable bonds is 11. The summed E-state index contributed by atoms with van der Waals surface area (Å²) in [5.41, 5.74) is 0.807. The summed E-state index contributed by atoms with van der Waals surface area (Å²) < 4.78 is 4.73. The third-order valence-corrected chi connectivity index (χ3v) is 3.31. The van der Waals surface area contributed by atoms with E-state index >= 15 is 0 Å². The lowest BCUT2D eigenvalue weighted by Crippen LogP contribution is -2.11. The molecule has 0 heterocycles. The SMILES string of the molecule is CCOC(=O)CC(=O)CCCCCCC(=O)Nc1ccccc1. The maximum Gasteiger partial charge on any atom is 0.313 e. The number of ether oxygens (including phenoxy) is 1. The van der Waals surface area contributed by atoms with Gasteiger partial charge >= 0.3 is 5.97 Å². The summed E-state index contributed by atoms with van der Waals surface area (Å²) >= 11 is 0. The lowest BCUT2D eigenvalue weighted by Gasteiger charge is -2.05. The molecule has 1 rings (SSSR count). The van der Waals surface area contributed by atoms with Gasteiger partial charge in [0, 0.05) is 18.5 Å². The number of nitrogens with one attached hydrogen (secondary N) is 1. The Labute approximate surface area is 137 Å². The molecule has 0 aromatic heterocycles. The lowest BCUT2D eigenvalue weighted by atomic mass is 10.1. The van der Waals surface area contributed by atoms with E-state index in [4.69, 9.17) is 4.74 Å². The summed E-state index contributed by atoms with van der Waals surface area (Å²) in [6.45, 7) is 2.02. The predicted molar refractivity (Wildman–Crippen MR) is 89.0 cm³/mol. The minimum Gasteiger partial charge on any atom is -0.466 e. The molecule has 0 radical (unpaired) electrons. The van der Waals surface area contributed by atoms with Gasteiger partial charge in [0.25, 0.3) is 0 Å². The van der Waals surface area contributed by atoms with Crippen molar-refractivity contribution < 1.29 is 19.1 Å². The van der Waals surface area contributed by atoms with E-state index in [2.05, 4.69) is 5.32 Å². The van der Waals surface area contributed by atoms with E-state index in [-0.39, 0.29) is 18.1 Å². The minimum atomic E-state index is -0.449. The van der Waals surface area contributed by atoms with E-state index in [1.165, 1.54) is 0 Å². The minimum absolute atomic E-state index is 0.00888. The van der Waals surface area contributed by atoms with Gasteiger partial charge in [-0.2, -0.15) is 0 Å². The third-order valence-electron chi connectivity index (χ3n) is 3.31. The second-order valence-corrected chi connectivity index (χ2v) is 5.35. The number of Topliss-reactive ketones (excluding diaryl/α,β-unsaturated/α-hetero) is 1. The quantitative estimate of drug-likeness (QED) is 0.385. The maximum atomic E-state index is 11.7. The first kappa shape index (κ1) is 18.9. The van der Waals surface area contributed by atoms with E-state index in [0.29, 0.717) is 19.4 Å². The van der Waals surface area contributed by atoms with Crippen molar-refractivity contribution in [3.63, 3.8) is 0 Å². The summed E-state index contributed by atoms with van der Waals surface area (Å²) in [5.74, 6) is -0.519. The summed E-state index contributed by atoms with van der Waals surface area (Å²) in [6, 6.07) is 9.37. The van der Waals surface area contributed by atoms with Crippen LogP contribution in [0.3, 0.4) is 0 Å². The van der Waals surface area contributed by atoms with Gasteiger partial charge in [-0.3, -0.25) is 14.4 Å². The first-order chi connectivity index (χ1) is 11.1. The molecule has 5 nitrogen and oxygen atoms in total. The molecule has 0 atom stereocenters. The number of benzene rings is 1. The van der Waals surface area contributed by atoms with Crippen molar-refractivity contribution in [3.8, 4) is 0 Å². The highest BCUT2D eigenvalue weighted by Gasteiger charge is 2.09. The van der Waals surface area contributed by atoms with Crippen molar-refractivity contribution in [1.29, 1.82) is 0 Å². The lowest BCUT2D eigenvalue weighted by molar-refractivity contribution is -0.145. The Hall–Kier alpha value is -2.17. The molecule has 0 aliphatic carbocycles. The van der Waals surface area contributed by atoms with Crippen LogP contribution in [0.15, 0.2) is 30.3 Å². The standard InChI is InChI=1S/C18H25NO4/c1-2-23-18(22)14-16(20)12-8-3-4-9-13-17(21)19-15-10-6-5-7-11-15/h5-7,10-11H,2-4,8-9,12-14H2,1H3,(H,19,21). The topological polar surface area (TPSA) is 72.5 Å². The summed E-state index contributed by atoms with van der Waals surface area (Å²) in [5, 5.41) is 2.84. The third kappa shape index (κ3) is 9.45. The van der Waals surface area contributed by atoms with Gasteiger partial charge in [0.15, 0.2) is 0 Å². The predicted octanol–water partition coefficient (Wildman–Crippen LogP) is 3.49. The van der Waals surface area contributed by atoms with Crippen LogP contribution in [0.1, 0.15) is 51.9 Å². The maximum absolute atomic E-state index is 11.7. The van der Waals surface area contributed by atoms with Crippen molar-refractivity contribution in [2.45, 2.75) is 51.9 Å². The Balaban J connectivity index is 2.01. The van der Waals surface area contributed by atoms with E-state index < -0.39 is 5.97 Å². The van der Waals surface area contributed by atoms with E-state index in [1.807, 2.05) is 30.3 Å². The first-order valence-corrected chi connectivity index (χ1v) is 8.14. The fourth-order valence-corrected chi connectivity index (χ4v) is 2.17. The van der Waals surface area contributed by atoms with Crippen LogP contribution in [-0.2, 0) is 19.1 Å². The summed E-state index contributed by atoms with van der Waals surface area (Å²) in [4.78, 5) is 34.4. The Bertz CT molecular complexity index is 499. The number of para-hydroxylation sites is 1. The zero-order chi connectivity index (χ0) is 16.9. The van der Waals surface area contributed by atoms with Crippen LogP contribution in [0, 0.1) is 0 Å². The van der Waals surface area contributed by atoms with Crippen LogP contribution in [0.4, 0.5) is 5.69 Å². The second-order valence-electron chi connectivity index (χ2n) is 5.35. The molecule has 1 amide bonds. The molecule has 1 aromatic rings. The summed E-state index contributed by atoms with van der Waals surface area (Å²) in [7, 11) is 0. The van der Waals surface area contributed by atoms with E-state index in [1.54, 1.807) is 6.92 Å². The molecule has 0 aliphatic rings. The zero-order valence-electron chi connectivity index (χ0n) is 13.7.